The monoisotopic (exact) mass is 128 g/mol. The molecule has 2 radical (unpaired) electrons. The Kier molecular flexibility index (Phi) is 5.75. The van der Waals surface area contributed by atoms with Gasteiger partial charge in [-0.15, -0.1) is 0 Å². The van der Waals surface area contributed by atoms with Gasteiger partial charge < -0.3 is 4.32 Å². The van der Waals surface area contributed by atoms with E-state index in [2.05, 4.69) is 8.12 Å². The molecule has 0 aromatic heterocycles. The van der Waals surface area contributed by atoms with Gasteiger partial charge in [-0.25, -0.2) is 0 Å². The normalized spacial score (nSPS) is 9.00. The smallest absolute Gasteiger partial charge is 0.350 e. The van der Waals surface area contributed by atoms with Crippen LogP contribution in [-0.2, 0) is 10.4 Å². The molecule has 7 heavy (non-hydrogen) atoms. The maximum atomic E-state index is 9.00. The van der Waals surface area contributed by atoms with Gasteiger partial charge in [-0.1, -0.05) is 0 Å². The largest absolute Gasteiger partial charge is 0.394 e. The van der Waals surface area contributed by atoms with E-state index >= 15 is 0 Å². The fraction of sp³-hybridized carbons (Fsp3) is 0. The van der Waals surface area contributed by atoms with Crippen molar-refractivity contribution in [1.29, 1.82) is 0 Å². The van der Waals surface area contributed by atoms with E-state index in [1.54, 1.807) is 0 Å². The topological polar surface area (TPSA) is 74.6 Å². The molecule has 0 fully saturated rings. The van der Waals surface area contributed by atoms with Crippen LogP contribution in [0.4, 0.5) is 4.32 Å². The summed E-state index contributed by atoms with van der Waals surface area (Å²) in [6, 6.07) is 0. The quantitative estimate of drug-likeness (QED) is 0.337. The van der Waals surface area contributed by atoms with E-state index in [1.165, 1.54) is 0 Å². The van der Waals surface area contributed by atoms with Gasteiger partial charge in [-0.3, -0.25) is 9.11 Å². The van der Waals surface area contributed by atoms with Crippen LogP contribution in [-0.4, -0.2) is 25.6 Å². The molecular formula is H2BFO4S. The summed E-state index contributed by atoms with van der Waals surface area (Å²) in [7, 11) is -1.67. The van der Waals surface area contributed by atoms with Crippen molar-refractivity contribution in [2.75, 3.05) is 0 Å². The minimum atomic E-state index is -4.67. The molecule has 0 rings (SSSR count). The van der Waals surface area contributed by atoms with Crippen LogP contribution < -0.4 is 0 Å². The molecule has 2 N–H and O–H groups in total. The number of halogens is 1. The Labute approximate surface area is 41.4 Å². The zero-order valence-corrected chi connectivity index (χ0v) is 3.89. The molecular weight excluding hydrogens is 126 g/mol. The average Bonchev–Trinajstić information content (AvgIpc) is 1.36. The van der Waals surface area contributed by atoms with E-state index in [1.807, 2.05) is 0 Å². The predicted octanol–water partition coefficient (Wildman–Crippen LogP) is -0.613. The summed E-state index contributed by atoms with van der Waals surface area (Å²) in [6.07, 6.45) is 0. The molecule has 0 bridgehead atoms. The molecule has 0 aromatic rings. The maximum absolute atomic E-state index is 9.00. The van der Waals surface area contributed by atoms with Crippen LogP contribution in [0.25, 0.3) is 0 Å². The summed E-state index contributed by atoms with van der Waals surface area (Å²) in [6.45, 7) is 0. The molecule has 0 aliphatic heterocycles. The lowest BCUT2D eigenvalue weighted by molar-refractivity contribution is 0.381. The van der Waals surface area contributed by atoms with Crippen molar-refractivity contribution in [1.82, 2.24) is 0 Å². The Morgan fingerprint density at radius 2 is 1.29 bits per heavy atom. The average molecular weight is 128 g/mol. The summed E-state index contributed by atoms with van der Waals surface area (Å²) in [5.74, 6) is 0. The molecule has 0 saturated carbocycles. The van der Waals surface area contributed by atoms with E-state index in [-0.39, 0.29) is 0 Å². The van der Waals surface area contributed by atoms with Crippen molar-refractivity contribution >= 4 is 18.5 Å². The summed E-state index contributed by atoms with van der Waals surface area (Å²) in [4.78, 5) is 0. The zero-order chi connectivity index (χ0) is 6.50. The molecule has 0 aliphatic rings. The Morgan fingerprint density at radius 1 is 1.29 bits per heavy atom. The van der Waals surface area contributed by atoms with Gasteiger partial charge in [0.25, 0.3) is 0 Å². The van der Waals surface area contributed by atoms with E-state index in [4.69, 9.17) is 21.8 Å². The first-order chi connectivity index (χ1) is 3.00. The van der Waals surface area contributed by atoms with Gasteiger partial charge in [-0.2, -0.15) is 8.42 Å². The third kappa shape index (κ3) is 4800. The molecule has 0 atom stereocenters. The van der Waals surface area contributed by atoms with Gasteiger partial charge >= 0.3 is 18.5 Å². The van der Waals surface area contributed by atoms with Crippen molar-refractivity contribution in [2.45, 2.75) is 0 Å². The first kappa shape index (κ1) is 9.98. The molecule has 42 valence electrons. The minimum absolute atomic E-state index is 3.00. The van der Waals surface area contributed by atoms with E-state index in [9.17, 15) is 0 Å². The number of hydrogen-bond acceptors (Lipinski definition) is 2. The molecule has 0 saturated heterocycles. The second-order valence-corrected chi connectivity index (χ2v) is 1.34. The second kappa shape index (κ2) is 4.04. The minimum Gasteiger partial charge on any atom is -0.350 e. The molecule has 0 unspecified atom stereocenters. The third-order valence-corrected chi connectivity index (χ3v) is 0. The Morgan fingerprint density at radius 3 is 1.29 bits per heavy atom. The highest BCUT2D eigenvalue weighted by Crippen LogP contribution is 1.59. The van der Waals surface area contributed by atoms with Crippen molar-refractivity contribution in [3.8, 4) is 0 Å². The van der Waals surface area contributed by atoms with Gasteiger partial charge in [0.05, 0.1) is 0 Å². The van der Waals surface area contributed by atoms with Crippen LogP contribution in [0.2, 0.25) is 0 Å². The molecule has 7 heteroatoms. The first-order valence-electron chi connectivity index (χ1n) is 0.917. The van der Waals surface area contributed by atoms with Crippen LogP contribution >= 0.6 is 0 Å². The maximum Gasteiger partial charge on any atom is 0.394 e. The van der Waals surface area contributed by atoms with Gasteiger partial charge in [0.1, 0.15) is 0 Å². The Balaban J connectivity index is 0. The van der Waals surface area contributed by atoms with Gasteiger partial charge in [-0.05, 0) is 0 Å². The Hall–Kier alpha value is -0.135. The molecule has 4 nitrogen and oxygen atoms in total. The lowest BCUT2D eigenvalue weighted by Gasteiger charge is -1.68. The van der Waals surface area contributed by atoms with E-state index in [0.717, 1.165) is 0 Å². The third-order valence-electron chi connectivity index (χ3n) is 0. The number of rotatable bonds is 0. The zero-order valence-electron chi connectivity index (χ0n) is 3.07. The molecule has 0 spiro atoms. The van der Waals surface area contributed by atoms with Crippen LogP contribution in [0.3, 0.4) is 0 Å². The highest BCUT2D eigenvalue weighted by molar-refractivity contribution is 7.79. The highest BCUT2D eigenvalue weighted by Gasteiger charge is 1.84. The van der Waals surface area contributed by atoms with Crippen LogP contribution in [0.15, 0.2) is 0 Å². The Bertz CT molecular complexity index is 94.9. The second-order valence-electron chi connectivity index (χ2n) is 0.448. The molecule has 0 aliphatic carbocycles. The fourth-order valence-corrected chi connectivity index (χ4v) is 0. The standard InChI is InChI=1S/BF.H2O4S/c1-2;1-5(2,3)4/h;(H2,1,2,3,4). The van der Waals surface area contributed by atoms with E-state index in [0.29, 0.717) is 0 Å². The molecule has 0 aromatic carbocycles. The lowest BCUT2D eigenvalue weighted by atomic mass is 10.7. The van der Waals surface area contributed by atoms with Crippen LogP contribution in [0.5, 0.6) is 0 Å². The van der Waals surface area contributed by atoms with Gasteiger partial charge in [0.2, 0.25) is 0 Å². The summed E-state index contributed by atoms with van der Waals surface area (Å²) in [5, 5.41) is 0. The lowest BCUT2D eigenvalue weighted by Crippen LogP contribution is -1.89. The van der Waals surface area contributed by atoms with Crippen molar-refractivity contribution in [3.05, 3.63) is 0 Å². The molecule has 0 amide bonds. The highest BCUT2D eigenvalue weighted by atomic mass is 32.3. The van der Waals surface area contributed by atoms with Crippen molar-refractivity contribution < 1.29 is 21.8 Å². The first-order valence-corrected chi connectivity index (χ1v) is 2.31. The van der Waals surface area contributed by atoms with Gasteiger partial charge in [0.15, 0.2) is 0 Å². The summed E-state index contributed by atoms with van der Waals surface area (Å²) >= 11 is 0. The predicted molar refractivity (Wildman–Crippen MR) is 21.0 cm³/mol. The molecule has 0 heterocycles. The van der Waals surface area contributed by atoms with Crippen molar-refractivity contribution in [3.63, 3.8) is 0 Å². The summed E-state index contributed by atoms with van der Waals surface area (Å²) < 4.78 is 40.6. The van der Waals surface area contributed by atoms with Crippen LogP contribution in [0.1, 0.15) is 0 Å². The fourth-order valence-electron chi connectivity index (χ4n) is 0. The van der Waals surface area contributed by atoms with Crippen molar-refractivity contribution in [2.24, 2.45) is 0 Å². The van der Waals surface area contributed by atoms with E-state index < -0.39 is 10.4 Å². The van der Waals surface area contributed by atoms with Crippen LogP contribution in [0, 0.1) is 0 Å². The number of hydrogen-bond donors (Lipinski definition) is 2. The SMILES string of the molecule is O=S(=O)(O)O.[B]F. The summed E-state index contributed by atoms with van der Waals surface area (Å²) in [5.41, 5.74) is 0. The van der Waals surface area contributed by atoms with Gasteiger partial charge in [0, 0.05) is 0 Å².